The van der Waals surface area contributed by atoms with Gasteiger partial charge in [0, 0.05) is 37.5 Å². The van der Waals surface area contributed by atoms with Crippen molar-refractivity contribution in [1.29, 1.82) is 0 Å². The molecule has 7 heteroatoms. The highest BCUT2D eigenvalue weighted by molar-refractivity contribution is 6.42. The Labute approximate surface area is 120 Å². The molecule has 0 radical (unpaired) electrons. The van der Waals surface area contributed by atoms with Crippen molar-refractivity contribution in [3.8, 4) is 5.75 Å². The lowest BCUT2D eigenvalue weighted by atomic mass is 9.97. The van der Waals surface area contributed by atoms with E-state index in [1.165, 1.54) is 12.1 Å². The van der Waals surface area contributed by atoms with Gasteiger partial charge < -0.3 is 15.2 Å². The van der Waals surface area contributed by atoms with Gasteiger partial charge in [-0.1, -0.05) is 23.2 Å². The number of hydroxylamine groups is 1. The molecule has 3 N–H and O–H groups in total. The van der Waals surface area contributed by atoms with Crippen molar-refractivity contribution in [2.45, 2.75) is 12.3 Å². The third-order valence-electron chi connectivity index (χ3n) is 3.23. The zero-order valence-electron chi connectivity index (χ0n) is 10.1. The van der Waals surface area contributed by atoms with E-state index in [1.807, 2.05) is 5.48 Å². The van der Waals surface area contributed by atoms with E-state index in [0.29, 0.717) is 35.2 Å². The Kier molecular flexibility index (Phi) is 4.52. The van der Waals surface area contributed by atoms with E-state index in [0.717, 1.165) is 0 Å². The van der Waals surface area contributed by atoms with Crippen molar-refractivity contribution >= 4 is 29.1 Å². The van der Waals surface area contributed by atoms with Crippen LogP contribution < -0.4 is 5.48 Å². The summed E-state index contributed by atoms with van der Waals surface area (Å²) in [7, 11) is 0. The van der Waals surface area contributed by atoms with Gasteiger partial charge in [-0.05, 0) is 12.1 Å². The van der Waals surface area contributed by atoms with Gasteiger partial charge in [-0.3, -0.25) is 4.79 Å². The summed E-state index contributed by atoms with van der Waals surface area (Å²) in [5.41, 5.74) is 2.53. The maximum atomic E-state index is 11.8. The molecule has 0 aromatic heterocycles. The standard InChI is InChI=1S/C12H14Cl2N2O3/c13-8-1-2-9(17)11(12(8)14)7-5-10(18)16(6-7)4-3-15-19/h1-2,7,15,17,19H,3-6H2. The molecule has 1 aliphatic rings. The lowest BCUT2D eigenvalue weighted by Crippen LogP contribution is -2.32. The zero-order chi connectivity index (χ0) is 14.0. The quantitative estimate of drug-likeness (QED) is 0.744. The molecule has 1 aromatic carbocycles. The number of amides is 1. The van der Waals surface area contributed by atoms with Gasteiger partial charge in [0.1, 0.15) is 5.75 Å². The summed E-state index contributed by atoms with van der Waals surface area (Å²) in [6.07, 6.45) is 0.277. The molecule has 1 amide bonds. The number of aromatic hydroxyl groups is 1. The van der Waals surface area contributed by atoms with Crippen LogP contribution in [-0.2, 0) is 4.79 Å². The van der Waals surface area contributed by atoms with Crippen LogP contribution in [0.4, 0.5) is 0 Å². The maximum absolute atomic E-state index is 11.8. The molecule has 1 aliphatic heterocycles. The van der Waals surface area contributed by atoms with Crippen LogP contribution >= 0.6 is 23.2 Å². The van der Waals surface area contributed by atoms with Gasteiger partial charge in [0.2, 0.25) is 5.91 Å². The van der Waals surface area contributed by atoms with Crippen molar-refractivity contribution in [3.05, 3.63) is 27.7 Å². The summed E-state index contributed by atoms with van der Waals surface area (Å²) in [4.78, 5) is 13.4. The van der Waals surface area contributed by atoms with Crippen LogP contribution in [0.15, 0.2) is 12.1 Å². The van der Waals surface area contributed by atoms with E-state index in [-0.39, 0.29) is 24.0 Å². The number of rotatable bonds is 4. The number of hydrogen-bond acceptors (Lipinski definition) is 4. The Morgan fingerprint density at radius 3 is 2.84 bits per heavy atom. The maximum Gasteiger partial charge on any atom is 0.223 e. The Bertz CT molecular complexity index is 496. The van der Waals surface area contributed by atoms with E-state index in [1.54, 1.807) is 4.90 Å². The normalized spacial score (nSPS) is 19.2. The first-order chi connectivity index (χ1) is 9.04. The highest BCUT2D eigenvalue weighted by Gasteiger charge is 2.33. The largest absolute Gasteiger partial charge is 0.508 e. The molecule has 1 aromatic rings. The second-order valence-corrected chi connectivity index (χ2v) is 5.23. The van der Waals surface area contributed by atoms with Crippen LogP contribution in [0.5, 0.6) is 5.75 Å². The lowest BCUT2D eigenvalue weighted by Gasteiger charge is -2.17. The lowest BCUT2D eigenvalue weighted by molar-refractivity contribution is -0.127. The molecule has 0 spiro atoms. The summed E-state index contributed by atoms with van der Waals surface area (Å²) in [5.74, 6) is -0.164. The molecule has 1 atom stereocenters. The first-order valence-electron chi connectivity index (χ1n) is 5.86. The van der Waals surface area contributed by atoms with Crippen LogP contribution in [0.25, 0.3) is 0 Å². The number of nitrogens with one attached hydrogen (secondary N) is 1. The van der Waals surface area contributed by atoms with E-state index in [9.17, 15) is 9.90 Å². The number of phenols is 1. The third kappa shape index (κ3) is 2.95. The van der Waals surface area contributed by atoms with E-state index in [2.05, 4.69) is 0 Å². The number of benzene rings is 1. The molecular formula is C12H14Cl2N2O3. The second-order valence-electron chi connectivity index (χ2n) is 4.44. The summed E-state index contributed by atoms with van der Waals surface area (Å²) in [5, 5.41) is 19.1. The number of hydrogen-bond donors (Lipinski definition) is 3. The van der Waals surface area contributed by atoms with Crippen molar-refractivity contribution in [1.82, 2.24) is 10.4 Å². The second kappa shape index (κ2) is 5.96. The molecule has 1 saturated heterocycles. The van der Waals surface area contributed by atoms with Gasteiger partial charge in [-0.2, -0.15) is 0 Å². The fourth-order valence-electron chi connectivity index (χ4n) is 2.31. The highest BCUT2D eigenvalue weighted by atomic mass is 35.5. The first-order valence-corrected chi connectivity index (χ1v) is 6.61. The number of nitrogens with zero attached hydrogens (tertiary/aromatic N) is 1. The predicted molar refractivity (Wildman–Crippen MR) is 71.9 cm³/mol. The fourth-order valence-corrected chi connectivity index (χ4v) is 2.79. The smallest absolute Gasteiger partial charge is 0.223 e. The van der Waals surface area contributed by atoms with E-state index < -0.39 is 0 Å². The average Bonchev–Trinajstić information content (AvgIpc) is 2.73. The molecular weight excluding hydrogens is 291 g/mol. The van der Waals surface area contributed by atoms with Crippen LogP contribution in [0.1, 0.15) is 17.9 Å². The number of likely N-dealkylation sites (tertiary alicyclic amines) is 1. The molecule has 1 heterocycles. The Morgan fingerprint density at radius 2 is 2.16 bits per heavy atom. The molecule has 104 valence electrons. The van der Waals surface area contributed by atoms with Crippen LogP contribution in [-0.4, -0.2) is 40.8 Å². The van der Waals surface area contributed by atoms with Gasteiger partial charge in [0.15, 0.2) is 0 Å². The van der Waals surface area contributed by atoms with Crippen LogP contribution in [0.3, 0.4) is 0 Å². The van der Waals surface area contributed by atoms with Gasteiger partial charge in [0.25, 0.3) is 0 Å². The summed E-state index contributed by atoms with van der Waals surface area (Å²) >= 11 is 12.0. The number of phenolic OH excluding ortho intramolecular Hbond substituents is 1. The van der Waals surface area contributed by atoms with Crippen molar-refractivity contribution in [3.63, 3.8) is 0 Å². The first kappa shape index (κ1) is 14.4. The van der Waals surface area contributed by atoms with Gasteiger partial charge in [-0.15, -0.1) is 0 Å². The van der Waals surface area contributed by atoms with Crippen LogP contribution in [0, 0.1) is 0 Å². The Balaban J connectivity index is 2.21. The Morgan fingerprint density at radius 1 is 1.42 bits per heavy atom. The summed E-state index contributed by atoms with van der Waals surface area (Å²) in [6, 6.07) is 3.00. The molecule has 5 nitrogen and oxygen atoms in total. The highest BCUT2D eigenvalue weighted by Crippen LogP contribution is 2.41. The van der Waals surface area contributed by atoms with Crippen molar-refractivity contribution in [2.75, 3.05) is 19.6 Å². The van der Waals surface area contributed by atoms with Crippen molar-refractivity contribution in [2.24, 2.45) is 0 Å². The zero-order valence-corrected chi connectivity index (χ0v) is 11.6. The molecule has 0 aliphatic carbocycles. The molecule has 1 fully saturated rings. The molecule has 19 heavy (non-hydrogen) atoms. The summed E-state index contributed by atoms with van der Waals surface area (Å²) < 4.78 is 0. The Hall–Kier alpha value is -1.01. The molecule has 1 unspecified atom stereocenters. The SMILES string of the molecule is O=C1CC(c2c(O)ccc(Cl)c2Cl)CN1CCNO. The average molecular weight is 305 g/mol. The monoisotopic (exact) mass is 304 g/mol. The number of carbonyl (C=O) groups excluding carboxylic acids is 1. The van der Waals surface area contributed by atoms with Crippen molar-refractivity contribution < 1.29 is 15.1 Å². The van der Waals surface area contributed by atoms with Gasteiger partial charge >= 0.3 is 0 Å². The predicted octanol–water partition coefficient (Wildman–Crippen LogP) is 1.99. The van der Waals surface area contributed by atoms with E-state index >= 15 is 0 Å². The number of carbonyl (C=O) groups is 1. The fraction of sp³-hybridized carbons (Fsp3) is 0.417. The molecule has 0 bridgehead atoms. The van der Waals surface area contributed by atoms with E-state index in [4.69, 9.17) is 28.4 Å². The molecule has 0 saturated carbocycles. The third-order valence-corrected chi connectivity index (χ3v) is 4.04. The molecule has 2 rings (SSSR count). The summed E-state index contributed by atoms with van der Waals surface area (Å²) in [6.45, 7) is 1.16. The van der Waals surface area contributed by atoms with Gasteiger partial charge in [0.05, 0.1) is 10.0 Å². The minimum Gasteiger partial charge on any atom is -0.508 e. The van der Waals surface area contributed by atoms with Crippen LogP contribution in [0.2, 0.25) is 10.0 Å². The minimum absolute atomic E-state index is 0.0318. The number of halogens is 2. The topological polar surface area (TPSA) is 72.8 Å². The van der Waals surface area contributed by atoms with Gasteiger partial charge in [-0.25, -0.2) is 5.48 Å². The minimum atomic E-state index is -0.183.